The molecule has 0 aliphatic heterocycles. The molecule has 0 spiro atoms. The molecule has 2 amide bonds. The number of nitrogens with zero attached hydrogens (tertiary/aromatic N) is 1. The van der Waals surface area contributed by atoms with Crippen molar-refractivity contribution in [1.29, 1.82) is 0 Å². The van der Waals surface area contributed by atoms with Gasteiger partial charge in [0.1, 0.15) is 11.5 Å². The van der Waals surface area contributed by atoms with Gasteiger partial charge in [-0.15, -0.1) is 11.3 Å². The first-order valence-electron chi connectivity index (χ1n) is 9.39. The maximum Gasteiger partial charge on any atom is 0.270 e. The molecule has 0 fully saturated rings. The van der Waals surface area contributed by atoms with Crippen LogP contribution in [0.25, 0.3) is 21.3 Å². The topological polar surface area (TPSA) is 85.1 Å². The Labute approximate surface area is 186 Å². The zero-order valence-electron chi connectivity index (χ0n) is 16.2. The predicted molar refractivity (Wildman–Crippen MR) is 121 cm³/mol. The van der Waals surface area contributed by atoms with Crippen LogP contribution in [0.3, 0.4) is 0 Å². The molecule has 0 saturated heterocycles. The number of rotatable bonds is 6. The van der Waals surface area contributed by atoms with Crippen LogP contribution in [0, 0.1) is 5.82 Å². The largest absolute Gasteiger partial charge is 0.368 e. The minimum atomic E-state index is -0.625. The van der Waals surface area contributed by atoms with Crippen molar-refractivity contribution < 1.29 is 14.0 Å². The number of carbonyl (C=O) groups is 2. The molecule has 0 bridgehead atoms. The van der Waals surface area contributed by atoms with Crippen molar-refractivity contribution in [3.63, 3.8) is 0 Å². The zero-order chi connectivity index (χ0) is 22.0. The van der Waals surface area contributed by atoms with Gasteiger partial charge in [0.2, 0.25) is 5.91 Å². The van der Waals surface area contributed by atoms with Crippen molar-refractivity contribution in [3.8, 4) is 11.3 Å². The molecule has 2 aromatic carbocycles. The molecule has 2 heterocycles. The lowest BCUT2D eigenvalue weighted by molar-refractivity contribution is -0.117. The van der Waals surface area contributed by atoms with Crippen LogP contribution in [-0.2, 0) is 11.2 Å². The molecule has 0 aliphatic rings. The van der Waals surface area contributed by atoms with Crippen molar-refractivity contribution in [2.75, 3.05) is 6.54 Å². The fourth-order valence-electron chi connectivity index (χ4n) is 3.29. The number of nitrogens with one attached hydrogen (secondary N) is 1. The fraction of sp³-hybridized carbons (Fsp3) is 0.0870. The lowest BCUT2D eigenvalue weighted by Crippen LogP contribution is -2.33. The summed E-state index contributed by atoms with van der Waals surface area (Å²) in [6, 6.07) is 17.6. The van der Waals surface area contributed by atoms with Gasteiger partial charge in [-0.2, -0.15) is 0 Å². The number of amides is 2. The third kappa shape index (κ3) is 4.90. The Bertz CT molecular complexity index is 1280. The van der Waals surface area contributed by atoms with Crippen LogP contribution in [0.5, 0.6) is 0 Å². The van der Waals surface area contributed by atoms with Crippen LogP contribution in [0.2, 0.25) is 5.02 Å². The van der Waals surface area contributed by atoms with Crippen LogP contribution in [-0.4, -0.2) is 23.3 Å². The Hall–Kier alpha value is -3.29. The number of primary amides is 1. The molecule has 0 atom stereocenters. The molecule has 3 N–H and O–H groups in total. The summed E-state index contributed by atoms with van der Waals surface area (Å²) >= 11 is 7.56. The van der Waals surface area contributed by atoms with Crippen LogP contribution < -0.4 is 11.1 Å². The van der Waals surface area contributed by atoms with Crippen LogP contribution in [0.4, 0.5) is 4.39 Å². The second kappa shape index (κ2) is 8.83. The van der Waals surface area contributed by atoms with E-state index in [9.17, 15) is 14.0 Å². The standard InChI is InChI=1S/C23H17ClFN3O2S/c24-15-7-13(8-16(25)11-15)9-17-10-14-3-1-4-18(22(14)31-17)19-5-2-6-20(28-19)23(30)27-12-21(26)29/h1-8,10-11H,9,12H2,(H2,26,29)(H,27,30). The Morgan fingerprint density at radius 3 is 2.68 bits per heavy atom. The number of benzene rings is 2. The van der Waals surface area contributed by atoms with Crippen molar-refractivity contribution in [2.45, 2.75) is 6.42 Å². The average Bonchev–Trinajstić information content (AvgIpc) is 3.13. The van der Waals surface area contributed by atoms with Gasteiger partial charge < -0.3 is 11.1 Å². The van der Waals surface area contributed by atoms with Gasteiger partial charge >= 0.3 is 0 Å². The van der Waals surface area contributed by atoms with E-state index < -0.39 is 11.8 Å². The van der Waals surface area contributed by atoms with E-state index in [-0.39, 0.29) is 18.1 Å². The highest BCUT2D eigenvalue weighted by molar-refractivity contribution is 7.19. The third-order valence-corrected chi connectivity index (χ3v) is 5.98. The number of nitrogens with two attached hydrogens (primary N) is 1. The molecule has 2 aromatic heterocycles. The van der Waals surface area contributed by atoms with Crippen LogP contribution >= 0.6 is 22.9 Å². The monoisotopic (exact) mass is 453 g/mol. The highest BCUT2D eigenvalue weighted by Crippen LogP contribution is 2.35. The second-order valence-corrected chi connectivity index (χ2v) is 8.52. The number of thiophene rings is 1. The predicted octanol–water partition coefficient (Wildman–Crippen LogP) is 4.56. The van der Waals surface area contributed by atoms with Crippen molar-refractivity contribution in [3.05, 3.63) is 87.6 Å². The third-order valence-electron chi connectivity index (χ3n) is 4.58. The van der Waals surface area contributed by atoms with Crippen LogP contribution in [0.1, 0.15) is 20.9 Å². The summed E-state index contributed by atoms with van der Waals surface area (Å²) in [4.78, 5) is 28.7. The van der Waals surface area contributed by atoms with Gasteiger partial charge in [0.05, 0.1) is 12.2 Å². The second-order valence-electron chi connectivity index (χ2n) is 6.95. The molecule has 5 nitrogen and oxygen atoms in total. The molecule has 31 heavy (non-hydrogen) atoms. The maximum atomic E-state index is 13.7. The fourth-order valence-corrected chi connectivity index (χ4v) is 4.75. The van der Waals surface area contributed by atoms with Gasteiger partial charge in [-0.1, -0.05) is 35.9 Å². The summed E-state index contributed by atoms with van der Waals surface area (Å²) in [6.07, 6.45) is 0.555. The van der Waals surface area contributed by atoms with Crippen LogP contribution in [0.15, 0.2) is 60.7 Å². The summed E-state index contributed by atoms with van der Waals surface area (Å²) in [5.41, 5.74) is 7.59. The van der Waals surface area contributed by atoms with Crippen molar-refractivity contribution in [2.24, 2.45) is 5.73 Å². The van der Waals surface area contributed by atoms with Gasteiger partial charge in [0, 0.05) is 26.6 Å². The van der Waals surface area contributed by atoms with Gasteiger partial charge in [-0.25, -0.2) is 9.37 Å². The van der Waals surface area contributed by atoms with E-state index >= 15 is 0 Å². The molecular formula is C23H17ClFN3O2S. The van der Waals surface area contributed by atoms with E-state index in [1.165, 1.54) is 12.1 Å². The normalized spacial score (nSPS) is 10.9. The molecule has 0 unspecified atom stereocenters. The van der Waals surface area contributed by atoms with E-state index in [1.807, 2.05) is 24.3 Å². The van der Waals surface area contributed by atoms with Gasteiger partial charge in [-0.3, -0.25) is 9.59 Å². The summed E-state index contributed by atoms with van der Waals surface area (Å²) < 4.78 is 14.7. The van der Waals surface area contributed by atoms with E-state index in [0.717, 1.165) is 26.1 Å². The first-order chi connectivity index (χ1) is 14.9. The molecule has 0 aliphatic carbocycles. The number of aromatic nitrogens is 1. The van der Waals surface area contributed by atoms with Gasteiger partial charge in [-0.05, 0) is 47.3 Å². The number of hydrogen-bond acceptors (Lipinski definition) is 4. The summed E-state index contributed by atoms with van der Waals surface area (Å²) in [6.45, 7) is -0.251. The zero-order valence-corrected chi connectivity index (χ0v) is 17.8. The van der Waals surface area contributed by atoms with E-state index in [4.69, 9.17) is 17.3 Å². The quantitative estimate of drug-likeness (QED) is 0.448. The van der Waals surface area contributed by atoms with E-state index in [1.54, 1.807) is 29.5 Å². The maximum absolute atomic E-state index is 13.7. The highest BCUT2D eigenvalue weighted by atomic mass is 35.5. The average molecular weight is 454 g/mol. The number of pyridine rings is 1. The van der Waals surface area contributed by atoms with Crippen molar-refractivity contribution >= 4 is 44.8 Å². The van der Waals surface area contributed by atoms with Gasteiger partial charge in [0.25, 0.3) is 5.91 Å². The number of fused-ring (bicyclic) bond motifs is 1. The smallest absolute Gasteiger partial charge is 0.270 e. The Balaban J connectivity index is 1.66. The summed E-state index contributed by atoms with van der Waals surface area (Å²) in [7, 11) is 0. The Kier molecular flexibility index (Phi) is 5.97. The number of carbonyl (C=O) groups excluding carboxylic acids is 2. The summed E-state index contributed by atoms with van der Waals surface area (Å²) in [5, 5.41) is 3.84. The molecular weight excluding hydrogens is 437 g/mol. The highest BCUT2D eigenvalue weighted by Gasteiger charge is 2.13. The first kappa shape index (κ1) is 21.0. The Morgan fingerprint density at radius 1 is 1.10 bits per heavy atom. The molecule has 4 rings (SSSR count). The summed E-state index contributed by atoms with van der Waals surface area (Å²) in [5.74, 6) is -1.46. The van der Waals surface area contributed by atoms with E-state index in [0.29, 0.717) is 17.1 Å². The lowest BCUT2D eigenvalue weighted by atomic mass is 10.1. The minimum Gasteiger partial charge on any atom is -0.368 e. The molecule has 156 valence electrons. The van der Waals surface area contributed by atoms with Crippen molar-refractivity contribution in [1.82, 2.24) is 10.3 Å². The molecule has 8 heteroatoms. The first-order valence-corrected chi connectivity index (χ1v) is 10.6. The molecule has 0 radical (unpaired) electrons. The molecule has 0 saturated carbocycles. The minimum absolute atomic E-state index is 0.196. The lowest BCUT2D eigenvalue weighted by Gasteiger charge is -2.06. The Morgan fingerprint density at radius 2 is 1.90 bits per heavy atom. The SMILES string of the molecule is NC(=O)CNC(=O)c1cccc(-c2cccc3cc(Cc4cc(F)cc(Cl)c4)sc23)n1. The number of halogens is 2. The van der Waals surface area contributed by atoms with E-state index in [2.05, 4.69) is 16.4 Å². The van der Waals surface area contributed by atoms with Gasteiger partial charge in [0.15, 0.2) is 0 Å². The number of hydrogen-bond donors (Lipinski definition) is 2. The molecule has 4 aromatic rings.